The highest BCUT2D eigenvalue weighted by molar-refractivity contribution is 5.77. The number of nitrogens with zero attached hydrogens (tertiary/aromatic N) is 1. The minimum atomic E-state index is -0.208. The standard InChI is InChI=1S/C10H19NO3/c1-11(6-7-12)9(13)8-10(14-2)4-3-5-10/h12H,3-8H2,1-2H3. The van der Waals surface area contributed by atoms with Gasteiger partial charge in [-0.2, -0.15) is 0 Å². The number of hydrogen-bond acceptors (Lipinski definition) is 3. The van der Waals surface area contributed by atoms with E-state index in [9.17, 15) is 4.79 Å². The van der Waals surface area contributed by atoms with E-state index >= 15 is 0 Å². The summed E-state index contributed by atoms with van der Waals surface area (Å²) in [7, 11) is 3.37. The normalized spacial score (nSPS) is 18.8. The fraction of sp³-hybridized carbons (Fsp3) is 0.900. The molecule has 1 N–H and O–H groups in total. The monoisotopic (exact) mass is 201 g/mol. The van der Waals surface area contributed by atoms with Crippen LogP contribution in [0.15, 0.2) is 0 Å². The first-order valence-corrected chi connectivity index (χ1v) is 5.03. The van der Waals surface area contributed by atoms with Crippen molar-refractivity contribution in [3.63, 3.8) is 0 Å². The highest BCUT2D eigenvalue weighted by Gasteiger charge is 2.39. The van der Waals surface area contributed by atoms with Gasteiger partial charge in [-0.05, 0) is 19.3 Å². The summed E-state index contributed by atoms with van der Waals surface area (Å²) < 4.78 is 5.36. The van der Waals surface area contributed by atoms with Crippen LogP contribution in [0, 0.1) is 0 Å². The summed E-state index contributed by atoms with van der Waals surface area (Å²) in [5, 5.41) is 8.69. The summed E-state index contributed by atoms with van der Waals surface area (Å²) in [6.07, 6.45) is 3.54. The molecule has 1 aliphatic carbocycles. The first kappa shape index (κ1) is 11.5. The second kappa shape index (κ2) is 4.75. The van der Waals surface area contributed by atoms with Crippen LogP contribution in [0.4, 0.5) is 0 Å². The molecule has 1 saturated carbocycles. The highest BCUT2D eigenvalue weighted by Crippen LogP contribution is 2.38. The van der Waals surface area contributed by atoms with E-state index in [0.717, 1.165) is 19.3 Å². The molecule has 0 heterocycles. The molecule has 0 radical (unpaired) electrons. The van der Waals surface area contributed by atoms with Crippen LogP contribution in [0.2, 0.25) is 0 Å². The number of hydrogen-bond donors (Lipinski definition) is 1. The number of aliphatic hydroxyl groups is 1. The third kappa shape index (κ3) is 2.45. The van der Waals surface area contributed by atoms with Crippen molar-refractivity contribution in [3.05, 3.63) is 0 Å². The van der Waals surface area contributed by atoms with Gasteiger partial charge in [0.25, 0.3) is 0 Å². The second-order valence-electron chi connectivity index (χ2n) is 3.96. The van der Waals surface area contributed by atoms with E-state index in [0.29, 0.717) is 13.0 Å². The maximum Gasteiger partial charge on any atom is 0.225 e. The van der Waals surface area contributed by atoms with Gasteiger partial charge in [0, 0.05) is 20.7 Å². The Kier molecular flexibility index (Phi) is 3.89. The first-order valence-electron chi connectivity index (χ1n) is 5.03. The molecule has 0 aromatic carbocycles. The molecule has 14 heavy (non-hydrogen) atoms. The molecule has 0 atom stereocenters. The van der Waals surface area contributed by atoms with Gasteiger partial charge in [-0.15, -0.1) is 0 Å². The van der Waals surface area contributed by atoms with Gasteiger partial charge in [-0.25, -0.2) is 0 Å². The summed E-state index contributed by atoms with van der Waals surface area (Å²) in [6.45, 7) is 0.418. The number of ether oxygens (including phenoxy) is 1. The maximum atomic E-state index is 11.6. The van der Waals surface area contributed by atoms with Gasteiger partial charge < -0.3 is 14.7 Å². The SMILES string of the molecule is COC1(CC(=O)N(C)CCO)CCC1. The molecule has 1 fully saturated rings. The molecular weight excluding hydrogens is 182 g/mol. The van der Waals surface area contributed by atoms with Crippen molar-refractivity contribution >= 4 is 5.91 Å². The zero-order valence-electron chi connectivity index (χ0n) is 8.95. The summed E-state index contributed by atoms with van der Waals surface area (Å²) >= 11 is 0. The third-order valence-corrected chi connectivity index (χ3v) is 3.03. The van der Waals surface area contributed by atoms with Crippen LogP contribution in [0.1, 0.15) is 25.7 Å². The van der Waals surface area contributed by atoms with Gasteiger partial charge in [0.2, 0.25) is 5.91 Å². The molecule has 0 aromatic heterocycles. The van der Waals surface area contributed by atoms with Gasteiger partial charge >= 0.3 is 0 Å². The molecule has 0 aromatic rings. The molecule has 0 bridgehead atoms. The zero-order chi connectivity index (χ0) is 10.6. The average Bonchev–Trinajstić information content (AvgIpc) is 2.11. The number of carbonyl (C=O) groups is 1. The Labute approximate surface area is 84.8 Å². The lowest BCUT2D eigenvalue weighted by Gasteiger charge is -2.40. The molecule has 4 nitrogen and oxygen atoms in total. The lowest BCUT2D eigenvalue weighted by Crippen LogP contribution is -2.44. The van der Waals surface area contributed by atoms with Crippen LogP contribution in [-0.2, 0) is 9.53 Å². The molecular formula is C10H19NO3. The molecule has 0 saturated heterocycles. The van der Waals surface area contributed by atoms with Crippen LogP contribution in [0.25, 0.3) is 0 Å². The Morgan fingerprint density at radius 2 is 2.21 bits per heavy atom. The predicted molar refractivity (Wildman–Crippen MR) is 52.9 cm³/mol. The summed E-state index contributed by atoms with van der Waals surface area (Å²) in [5.41, 5.74) is -0.208. The van der Waals surface area contributed by atoms with Gasteiger partial charge in [0.1, 0.15) is 0 Å². The quantitative estimate of drug-likeness (QED) is 0.700. The van der Waals surface area contributed by atoms with Crippen molar-refractivity contribution in [2.75, 3.05) is 27.3 Å². The smallest absolute Gasteiger partial charge is 0.225 e. The number of rotatable bonds is 5. The highest BCUT2D eigenvalue weighted by atomic mass is 16.5. The third-order valence-electron chi connectivity index (χ3n) is 3.03. The van der Waals surface area contributed by atoms with Crippen LogP contribution < -0.4 is 0 Å². The zero-order valence-corrected chi connectivity index (χ0v) is 8.95. The van der Waals surface area contributed by atoms with Crippen LogP contribution in [-0.4, -0.2) is 48.8 Å². The van der Waals surface area contributed by atoms with Gasteiger partial charge in [-0.3, -0.25) is 4.79 Å². The molecule has 82 valence electrons. The number of likely N-dealkylation sites (N-methyl/N-ethyl adjacent to an activating group) is 1. The van der Waals surface area contributed by atoms with E-state index in [4.69, 9.17) is 9.84 Å². The fourth-order valence-electron chi connectivity index (χ4n) is 1.71. The molecule has 0 aliphatic heterocycles. The Bertz CT molecular complexity index is 196. The Morgan fingerprint density at radius 1 is 1.57 bits per heavy atom. The van der Waals surface area contributed by atoms with Crippen molar-refractivity contribution in [1.29, 1.82) is 0 Å². The van der Waals surface area contributed by atoms with Gasteiger partial charge in [0.15, 0.2) is 0 Å². The van der Waals surface area contributed by atoms with Crippen LogP contribution in [0.3, 0.4) is 0 Å². The summed E-state index contributed by atoms with van der Waals surface area (Å²) in [4.78, 5) is 13.2. The van der Waals surface area contributed by atoms with Crippen molar-refractivity contribution < 1.29 is 14.6 Å². The molecule has 0 spiro atoms. The number of amides is 1. The van der Waals surface area contributed by atoms with E-state index in [1.165, 1.54) is 0 Å². The van der Waals surface area contributed by atoms with Crippen molar-refractivity contribution in [2.24, 2.45) is 0 Å². The minimum absolute atomic E-state index is 0.0161. The number of aliphatic hydroxyl groups excluding tert-OH is 1. The number of methoxy groups -OCH3 is 1. The van der Waals surface area contributed by atoms with Crippen LogP contribution in [0.5, 0.6) is 0 Å². The first-order chi connectivity index (χ1) is 6.63. The van der Waals surface area contributed by atoms with E-state index in [1.54, 1.807) is 19.1 Å². The van der Waals surface area contributed by atoms with Gasteiger partial charge in [-0.1, -0.05) is 0 Å². The van der Waals surface area contributed by atoms with E-state index in [1.807, 2.05) is 0 Å². The molecule has 4 heteroatoms. The van der Waals surface area contributed by atoms with E-state index in [-0.39, 0.29) is 18.1 Å². The van der Waals surface area contributed by atoms with Crippen molar-refractivity contribution in [3.8, 4) is 0 Å². The van der Waals surface area contributed by atoms with Crippen molar-refractivity contribution in [2.45, 2.75) is 31.3 Å². The predicted octanol–water partition coefficient (Wildman–Crippen LogP) is 0.396. The summed E-state index contributed by atoms with van der Waals surface area (Å²) in [6, 6.07) is 0. The van der Waals surface area contributed by atoms with Crippen LogP contribution >= 0.6 is 0 Å². The minimum Gasteiger partial charge on any atom is -0.395 e. The van der Waals surface area contributed by atoms with Gasteiger partial charge in [0.05, 0.1) is 18.6 Å². The second-order valence-corrected chi connectivity index (χ2v) is 3.96. The van der Waals surface area contributed by atoms with E-state index in [2.05, 4.69) is 0 Å². The lowest BCUT2D eigenvalue weighted by molar-refractivity contribution is -0.143. The Balaban J connectivity index is 2.38. The molecule has 0 unspecified atom stereocenters. The van der Waals surface area contributed by atoms with Crippen molar-refractivity contribution in [1.82, 2.24) is 4.90 Å². The lowest BCUT2D eigenvalue weighted by atomic mass is 9.77. The average molecular weight is 201 g/mol. The molecule has 1 rings (SSSR count). The number of carbonyl (C=O) groups excluding carboxylic acids is 1. The Morgan fingerprint density at radius 3 is 2.57 bits per heavy atom. The Hall–Kier alpha value is -0.610. The van der Waals surface area contributed by atoms with E-state index < -0.39 is 0 Å². The summed E-state index contributed by atoms with van der Waals surface area (Å²) in [5.74, 6) is 0.0561. The maximum absolute atomic E-state index is 11.6. The topological polar surface area (TPSA) is 49.8 Å². The molecule has 1 amide bonds. The molecule has 1 aliphatic rings. The largest absolute Gasteiger partial charge is 0.395 e. The fourth-order valence-corrected chi connectivity index (χ4v) is 1.71.